The number of carbonyl (C=O) groups is 2. The van der Waals surface area contributed by atoms with E-state index in [1.54, 1.807) is 0 Å². The Morgan fingerprint density at radius 2 is 1.82 bits per heavy atom. The first-order valence-corrected chi connectivity index (χ1v) is 10.3. The number of fused-ring (bicyclic) bond motifs is 1. The molecule has 0 aromatic heterocycles. The number of anilines is 1. The van der Waals surface area contributed by atoms with Crippen LogP contribution in [-0.4, -0.2) is 29.3 Å². The molecular formula is C24H28N2O2. The van der Waals surface area contributed by atoms with Gasteiger partial charge in [-0.1, -0.05) is 24.3 Å². The maximum absolute atomic E-state index is 13.1. The van der Waals surface area contributed by atoms with Gasteiger partial charge in [0.15, 0.2) is 0 Å². The van der Waals surface area contributed by atoms with Crippen molar-refractivity contribution in [2.45, 2.75) is 52.0 Å². The van der Waals surface area contributed by atoms with Crippen LogP contribution in [0.3, 0.4) is 0 Å². The summed E-state index contributed by atoms with van der Waals surface area (Å²) in [6, 6.07) is 13.8. The molecule has 0 bridgehead atoms. The zero-order valence-corrected chi connectivity index (χ0v) is 16.7. The molecule has 1 heterocycles. The number of aryl methyl sites for hydroxylation is 3. The maximum Gasteiger partial charge on any atom is 0.254 e. The molecule has 1 unspecified atom stereocenters. The van der Waals surface area contributed by atoms with E-state index in [1.165, 1.54) is 17.5 Å². The van der Waals surface area contributed by atoms with Gasteiger partial charge in [-0.2, -0.15) is 0 Å². The molecule has 28 heavy (non-hydrogen) atoms. The van der Waals surface area contributed by atoms with Crippen LogP contribution >= 0.6 is 0 Å². The third-order valence-electron chi connectivity index (χ3n) is 6.33. The van der Waals surface area contributed by atoms with Gasteiger partial charge in [0.1, 0.15) is 0 Å². The van der Waals surface area contributed by atoms with Crippen LogP contribution in [-0.2, 0) is 17.6 Å². The highest BCUT2D eigenvalue weighted by atomic mass is 16.2. The summed E-state index contributed by atoms with van der Waals surface area (Å²) in [5, 5.41) is 3.11. The molecule has 4 heteroatoms. The highest BCUT2D eigenvalue weighted by Crippen LogP contribution is 2.29. The van der Waals surface area contributed by atoms with Gasteiger partial charge < -0.3 is 10.2 Å². The molecule has 1 saturated heterocycles. The van der Waals surface area contributed by atoms with Crippen molar-refractivity contribution in [1.82, 2.24) is 4.90 Å². The lowest BCUT2D eigenvalue weighted by Crippen LogP contribution is -2.50. The van der Waals surface area contributed by atoms with Gasteiger partial charge in [-0.3, -0.25) is 9.59 Å². The molecule has 0 saturated carbocycles. The highest BCUT2D eigenvalue weighted by molar-refractivity contribution is 5.97. The van der Waals surface area contributed by atoms with E-state index in [2.05, 4.69) is 17.4 Å². The molecule has 0 spiro atoms. The van der Waals surface area contributed by atoms with E-state index in [-0.39, 0.29) is 23.8 Å². The van der Waals surface area contributed by atoms with Crippen molar-refractivity contribution in [2.24, 2.45) is 5.92 Å². The molecular weight excluding hydrogens is 348 g/mol. The number of hydrogen-bond donors (Lipinski definition) is 1. The van der Waals surface area contributed by atoms with Gasteiger partial charge in [0.05, 0.1) is 5.92 Å². The summed E-state index contributed by atoms with van der Waals surface area (Å²) < 4.78 is 0. The lowest BCUT2D eigenvalue weighted by atomic mass is 9.88. The molecule has 2 atom stereocenters. The van der Waals surface area contributed by atoms with Crippen LogP contribution in [0.1, 0.15) is 53.2 Å². The quantitative estimate of drug-likeness (QED) is 0.865. The van der Waals surface area contributed by atoms with Crippen LogP contribution in [0.4, 0.5) is 5.69 Å². The normalized spacial score (nSPS) is 21.3. The van der Waals surface area contributed by atoms with E-state index >= 15 is 0 Å². The van der Waals surface area contributed by atoms with Crippen LogP contribution in [0.2, 0.25) is 0 Å². The zero-order chi connectivity index (χ0) is 19.7. The molecule has 4 nitrogen and oxygen atoms in total. The van der Waals surface area contributed by atoms with Gasteiger partial charge in [0.2, 0.25) is 5.91 Å². The third kappa shape index (κ3) is 3.56. The number of carbonyl (C=O) groups excluding carboxylic acids is 2. The van der Waals surface area contributed by atoms with Gasteiger partial charge in [-0.25, -0.2) is 0 Å². The Bertz CT molecular complexity index is 905. The molecule has 4 rings (SSSR count). The largest absolute Gasteiger partial charge is 0.335 e. The number of likely N-dealkylation sites (tertiary alicyclic amines) is 1. The van der Waals surface area contributed by atoms with Crippen LogP contribution in [0, 0.1) is 12.8 Å². The van der Waals surface area contributed by atoms with Gasteiger partial charge in [-0.15, -0.1) is 0 Å². The monoisotopic (exact) mass is 376 g/mol. The third-order valence-corrected chi connectivity index (χ3v) is 6.33. The average Bonchev–Trinajstić information content (AvgIpc) is 3.16. The highest BCUT2D eigenvalue weighted by Gasteiger charge is 2.36. The fourth-order valence-corrected chi connectivity index (χ4v) is 4.63. The van der Waals surface area contributed by atoms with E-state index in [1.807, 2.05) is 49.1 Å². The molecule has 1 fully saturated rings. The van der Waals surface area contributed by atoms with Gasteiger partial charge in [-0.05, 0) is 80.8 Å². The number of benzene rings is 2. The molecule has 2 amide bonds. The van der Waals surface area contributed by atoms with Crippen LogP contribution < -0.4 is 5.32 Å². The summed E-state index contributed by atoms with van der Waals surface area (Å²) >= 11 is 0. The summed E-state index contributed by atoms with van der Waals surface area (Å²) in [5.74, 6) is -0.136. The van der Waals surface area contributed by atoms with Crippen molar-refractivity contribution in [3.8, 4) is 0 Å². The Labute approximate surface area is 166 Å². The van der Waals surface area contributed by atoms with Crippen molar-refractivity contribution < 1.29 is 9.59 Å². The van der Waals surface area contributed by atoms with Crippen LogP contribution in [0.15, 0.2) is 42.5 Å². The Balaban J connectivity index is 1.48. The van der Waals surface area contributed by atoms with Crippen molar-refractivity contribution in [3.63, 3.8) is 0 Å². The van der Waals surface area contributed by atoms with Crippen molar-refractivity contribution in [2.75, 3.05) is 11.9 Å². The molecule has 0 radical (unpaired) electrons. The average molecular weight is 377 g/mol. The Morgan fingerprint density at radius 3 is 2.64 bits per heavy atom. The minimum absolute atomic E-state index is 0.0210. The SMILES string of the molecule is Cc1ccccc1C(=O)N1CCCC(C(=O)Nc2ccc3c(c2)CCC3)[C@@H]1C. The van der Waals surface area contributed by atoms with Crippen molar-refractivity contribution >= 4 is 17.5 Å². The number of rotatable bonds is 3. The van der Waals surface area contributed by atoms with Gasteiger partial charge >= 0.3 is 0 Å². The first-order chi connectivity index (χ1) is 13.5. The lowest BCUT2D eigenvalue weighted by Gasteiger charge is -2.39. The standard InChI is InChI=1S/C24H28N2O2/c1-16-7-3-4-10-21(16)24(28)26-14-6-11-22(17(26)2)23(27)25-20-13-12-18-8-5-9-19(18)15-20/h3-4,7,10,12-13,15,17,22H,5-6,8-9,11,14H2,1-2H3,(H,25,27)/t17-,22?/m0/s1. The van der Waals surface area contributed by atoms with Crippen molar-refractivity contribution in [3.05, 3.63) is 64.7 Å². The van der Waals surface area contributed by atoms with E-state index in [0.29, 0.717) is 6.54 Å². The molecule has 1 aliphatic heterocycles. The predicted octanol–water partition coefficient (Wildman–Crippen LogP) is 4.36. The summed E-state index contributed by atoms with van der Waals surface area (Å²) in [6.45, 7) is 4.67. The number of nitrogens with zero attached hydrogens (tertiary/aromatic N) is 1. The smallest absolute Gasteiger partial charge is 0.254 e. The maximum atomic E-state index is 13.1. The minimum Gasteiger partial charge on any atom is -0.335 e. The Hall–Kier alpha value is -2.62. The van der Waals surface area contributed by atoms with Gasteiger partial charge in [0, 0.05) is 23.8 Å². The van der Waals surface area contributed by atoms with Crippen LogP contribution in [0.5, 0.6) is 0 Å². The fraction of sp³-hybridized carbons (Fsp3) is 0.417. The van der Waals surface area contributed by atoms with Crippen LogP contribution in [0.25, 0.3) is 0 Å². The molecule has 146 valence electrons. The minimum atomic E-state index is -0.185. The molecule has 1 aliphatic carbocycles. The molecule has 1 N–H and O–H groups in total. The fourth-order valence-electron chi connectivity index (χ4n) is 4.63. The lowest BCUT2D eigenvalue weighted by molar-refractivity contribution is -0.122. The Kier molecular flexibility index (Phi) is 5.21. The first kappa shape index (κ1) is 18.7. The van der Waals surface area contributed by atoms with E-state index in [9.17, 15) is 9.59 Å². The zero-order valence-electron chi connectivity index (χ0n) is 16.7. The summed E-state index contributed by atoms with van der Waals surface area (Å²) in [6.07, 6.45) is 5.10. The molecule has 2 aromatic carbocycles. The van der Waals surface area contributed by atoms with Gasteiger partial charge in [0.25, 0.3) is 5.91 Å². The van der Waals surface area contributed by atoms with Crippen molar-refractivity contribution in [1.29, 1.82) is 0 Å². The Morgan fingerprint density at radius 1 is 1.04 bits per heavy atom. The number of piperidine rings is 1. The number of nitrogens with one attached hydrogen (secondary N) is 1. The topological polar surface area (TPSA) is 49.4 Å². The summed E-state index contributed by atoms with van der Waals surface area (Å²) in [4.78, 5) is 28.0. The van der Waals surface area contributed by atoms with E-state index in [4.69, 9.17) is 0 Å². The second kappa shape index (κ2) is 7.78. The predicted molar refractivity (Wildman–Crippen MR) is 111 cm³/mol. The van der Waals surface area contributed by atoms with E-state index < -0.39 is 0 Å². The second-order valence-electron chi connectivity index (χ2n) is 8.13. The number of amides is 2. The van der Waals surface area contributed by atoms with E-state index in [0.717, 1.165) is 42.5 Å². The summed E-state index contributed by atoms with van der Waals surface area (Å²) in [5.41, 5.74) is 5.34. The second-order valence-corrected chi connectivity index (χ2v) is 8.13. The molecule has 2 aromatic rings. The molecule has 2 aliphatic rings. The summed E-state index contributed by atoms with van der Waals surface area (Å²) in [7, 11) is 0. The first-order valence-electron chi connectivity index (χ1n) is 10.3. The number of hydrogen-bond acceptors (Lipinski definition) is 2.